The van der Waals surface area contributed by atoms with Crippen molar-refractivity contribution in [2.24, 2.45) is 5.10 Å². The first-order chi connectivity index (χ1) is 12.0. The zero-order chi connectivity index (χ0) is 18.1. The van der Waals surface area contributed by atoms with E-state index in [-0.39, 0.29) is 6.61 Å². The van der Waals surface area contributed by atoms with Gasteiger partial charge in [-0.15, -0.1) is 0 Å². The second kappa shape index (κ2) is 9.43. The van der Waals surface area contributed by atoms with Crippen LogP contribution in [-0.4, -0.2) is 36.4 Å². The van der Waals surface area contributed by atoms with Crippen molar-refractivity contribution in [2.45, 2.75) is 0 Å². The molecule has 25 heavy (non-hydrogen) atoms. The summed E-state index contributed by atoms with van der Waals surface area (Å²) in [5, 5.41) is 12.4. The smallest absolute Gasteiger partial charge is 0.341 e. The van der Waals surface area contributed by atoms with Crippen LogP contribution in [0, 0.1) is 0 Å². The lowest BCUT2D eigenvalue weighted by atomic mass is 10.2. The van der Waals surface area contributed by atoms with Crippen molar-refractivity contribution in [3.8, 4) is 11.5 Å². The number of carbonyl (C=O) groups is 2. The summed E-state index contributed by atoms with van der Waals surface area (Å²) < 4.78 is 11.2. The van der Waals surface area contributed by atoms with Crippen molar-refractivity contribution < 1.29 is 24.2 Å². The highest BCUT2D eigenvalue weighted by Gasteiger charge is 2.02. The van der Waals surface area contributed by atoms with Gasteiger partial charge in [0.05, 0.1) is 6.21 Å². The summed E-state index contributed by atoms with van der Waals surface area (Å²) in [5.74, 6) is -0.424. The van der Waals surface area contributed by atoms with Crippen LogP contribution in [0.2, 0.25) is 0 Å². The van der Waals surface area contributed by atoms with Crippen LogP contribution < -0.4 is 14.9 Å². The van der Waals surface area contributed by atoms with Crippen LogP contribution in [0.25, 0.3) is 0 Å². The number of benzene rings is 2. The maximum absolute atomic E-state index is 11.7. The largest absolute Gasteiger partial charge is 0.484 e. The molecule has 0 saturated heterocycles. The topological polar surface area (TPSA) is 97.2 Å². The summed E-state index contributed by atoms with van der Waals surface area (Å²) in [6.07, 6.45) is 1.46. The van der Waals surface area contributed by atoms with E-state index in [1.54, 1.807) is 42.5 Å². The maximum Gasteiger partial charge on any atom is 0.341 e. The number of hydrogen-bond acceptors (Lipinski definition) is 5. The monoisotopic (exact) mass is 406 g/mol. The standard InChI is InChI=1S/C17H15BrN2O5/c18-13-2-1-3-15(8-13)24-10-16(21)20-19-9-12-4-6-14(7-5-12)25-11-17(22)23/h1-9H,10-11H2,(H,20,21)(H,22,23)/b19-9+. The van der Waals surface area contributed by atoms with Crippen molar-refractivity contribution in [3.05, 3.63) is 58.6 Å². The normalized spacial score (nSPS) is 10.4. The summed E-state index contributed by atoms with van der Waals surface area (Å²) in [5.41, 5.74) is 3.07. The minimum absolute atomic E-state index is 0.157. The molecule has 2 rings (SSSR count). The van der Waals surface area contributed by atoms with Crippen LogP contribution >= 0.6 is 15.9 Å². The Bertz CT molecular complexity index is 762. The molecule has 0 aromatic heterocycles. The second-order valence-corrected chi connectivity index (χ2v) is 5.71. The minimum atomic E-state index is -1.04. The van der Waals surface area contributed by atoms with Gasteiger partial charge in [0.25, 0.3) is 5.91 Å². The van der Waals surface area contributed by atoms with Gasteiger partial charge in [0.15, 0.2) is 13.2 Å². The number of rotatable bonds is 8. The molecule has 0 fully saturated rings. The van der Waals surface area contributed by atoms with Gasteiger partial charge in [-0.05, 0) is 48.0 Å². The van der Waals surface area contributed by atoms with Gasteiger partial charge in [-0.3, -0.25) is 4.79 Å². The van der Waals surface area contributed by atoms with E-state index in [9.17, 15) is 9.59 Å². The number of nitrogens with zero attached hydrogens (tertiary/aromatic N) is 1. The van der Waals surface area contributed by atoms with Crippen LogP contribution in [0.15, 0.2) is 58.1 Å². The first-order valence-corrected chi connectivity index (χ1v) is 7.97. The number of ether oxygens (including phenoxy) is 2. The van der Waals surface area contributed by atoms with Gasteiger partial charge >= 0.3 is 5.97 Å². The molecule has 0 aliphatic carbocycles. The Balaban J connectivity index is 1.76. The van der Waals surface area contributed by atoms with Gasteiger partial charge in [-0.25, -0.2) is 10.2 Å². The number of aliphatic carboxylic acids is 1. The number of carbonyl (C=O) groups excluding carboxylic acids is 1. The average molecular weight is 407 g/mol. The number of amides is 1. The Morgan fingerprint density at radius 3 is 2.48 bits per heavy atom. The fourth-order valence-corrected chi connectivity index (χ4v) is 2.09. The maximum atomic E-state index is 11.7. The van der Waals surface area contributed by atoms with Crippen molar-refractivity contribution in [1.29, 1.82) is 0 Å². The number of hydrogen-bond donors (Lipinski definition) is 2. The molecule has 0 aliphatic rings. The van der Waals surface area contributed by atoms with Gasteiger partial charge in [-0.1, -0.05) is 22.0 Å². The predicted molar refractivity (Wildman–Crippen MR) is 94.9 cm³/mol. The van der Waals surface area contributed by atoms with Crippen molar-refractivity contribution in [2.75, 3.05) is 13.2 Å². The Morgan fingerprint density at radius 1 is 1.08 bits per heavy atom. The Kier molecular flexibility index (Phi) is 6.97. The molecule has 2 aromatic rings. The Morgan fingerprint density at radius 2 is 1.80 bits per heavy atom. The van der Waals surface area contributed by atoms with E-state index in [1.165, 1.54) is 6.21 Å². The third-order valence-electron chi connectivity index (χ3n) is 2.81. The molecule has 7 nitrogen and oxygen atoms in total. The molecule has 0 atom stereocenters. The molecule has 0 bridgehead atoms. The number of hydrazone groups is 1. The number of halogens is 1. The van der Waals surface area contributed by atoms with Gasteiger partial charge in [0, 0.05) is 4.47 Å². The third-order valence-corrected chi connectivity index (χ3v) is 3.30. The fourth-order valence-electron chi connectivity index (χ4n) is 1.71. The molecular weight excluding hydrogens is 392 g/mol. The summed E-state index contributed by atoms with van der Waals surface area (Å²) in [6.45, 7) is -0.558. The van der Waals surface area contributed by atoms with E-state index < -0.39 is 18.5 Å². The predicted octanol–water partition coefficient (Wildman–Crippen LogP) is 2.44. The van der Waals surface area contributed by atoms with Crippen LogP contribution in [0.3, 0.4) is 0 Å². The van der Waals surface area contributed by atoms with E-state index in [2.05, 4.69) is 26.5 Å². The van der Waals surface area contributed by atoms with Crippen LogP contribution in [0.1, 0.15) is 5.56 Å². The van der Waals surface area contributed by atoms with Gasteiger partial charge in [-0.2, -0.15) is 5.10 Å². The van der Waals surface area contributed by atoms with Crippen LogP contribution in [-0.2, 0) is 9.59 Å². The number of carboxylic acid groups (broad SMARTS) is 1. The molecule has 0 spiro atoms. The van der Waals surface area contributed by atoms with Gasteiger partial charge in [0.2, 0.25) is 0 Å². The summed E-state index contributed by atoms with van der Waals surface area (Å²) in [4.78, 5) is 22.1. The van der Waals surface area contributed by atoms with Gasteiger partial charge < -0.3 is 14.6 Å². The fraction of sp³-hybridized carbons (Fsp3) is 0.118. The third kappa shape index (κ3) is 7.05. The van der Waals surface area contributed by atoms with Crippen LogP contribution in [0.4, 0.5) is 0 Å². The molecule has 0 aliphatic heterocycles. The lowest BCUT2D eigenvalue weighted by Gasteiger charge is -2.05. The first kappa shape index (κ1) is 18.5. The molecular formula is C17H15BrN2O5. The van der Waals surface area contributed by atoms with E-state index in [1.807, 2.05) is 6.07 Å². The minimum Gasteiger partial charge on any atom is -0.484 e. The lowest BCUT2D eigenvalue weighted by molar-refractivity contribution is -0.139. The van der Waals surface area contributed by atoms with Crippen molar-refractivity contribution in [1.82, 2.24) is 5.43 Å². The average Bonchev–Trinajstić information content (AvgIpc) is 2.59. The molecule has 0 heterocycles. The Labute approximate surface area is 152 Å². The molecule has 0 unspecified atom stereocenters. The molecule has 130 valence electrons. The van der Waals surface area contributed by atoms with E-state index >= 15 is 0 Å². The highest BCUT2D eigenvalue weighted by molar-refractivity contribution is 9.10. The molecule has 2 N–H and O–H groups in total. The van der Waals surface area contributed by atoms with Crippen molar-refractivity contribution >= 4 is 34.0 Å². The van der Waals surface area contributed by atoms with Crippen molar-refractivity contribution in [3.63, 3.8) is 0 Å². The quantitative estimate of drug-likeness (QED) is 0.518. The first-order valence-electron chi connectivity index (χ1n) is 7.18. The molecule has 1 amide bonds. The molecule has 0 radical (unpaired) electrons. The zero-order valence-corrected chi connectivity index (χ0v) is 14.6. The van der Waals surface area contributed by atoms with Gasteiger partial charge in [0.1, 0.15) is 11.5 Å². The van der Waals surface area contributed by atoms with E-state index in [0.717, 1.165) is 10.0 Å². The lowest BCUT2D eigenvalue weighted by Crippen LogP contribution is -2.24. The highest BCUT2D eigenvalue weighted by atomic mass is 79.9. The second-order valence-electron chi connectivity index (χ2n) is 4.79. The SMILES string of the molecule is O=C(O)COc1ccc(/C=N/NC(=O)COc2cccc(Br)c2)cc1. The zero-order valence-electron chi connectivity index (χ0n) is 13.0. The summed E-state index contributed by atoms with van der Waals surface area (Å²) in [6, 6.07) is 13.8. The molecule has 2 aromatic carbocycles. The van der Waals surface area contributed by atoms with E-state index in [0.29, 0.717) is 11.5 Å². The summed E-state index contributed by atoms with van der Waals surface area (Å²) >= 11 is 3.32. The number of nitrogens with one attached hydrogen (secondary N) is 1. The summed E-state index contributed by atoms with van der Waals surface area (Å²) in [7, 11) is 0. The number of carboxylic acids is 1. The Hall–Kier alpha value is -2.87. The highest BCUT2D eigenvalue weighted by Crippen LogP contribution is 2.17. The molecule has 8 heteroatoms. The van der Waals surface area contributed by atoms with Crippen LogP contribution in [0.5, 0.6) is 11.5 Å². The van der Waals surface area contributed by atoms with E-state index in [4.69, 9.17) is 14.6 Å². The molecule has 0 saturated carbocycles.